The van der Waals surface area contributed by atoms with E-state index in [1.165, 1.54) is 29.1 Å². The van der Waals surface area contributed by atoms with Crippen molar-refractivity contribution >= 4 is 15.8 Å². The quantitative estimate of drug-likeness (QED) is 0.861. The summed E-state index contributed by atoms with van der Waals surface area (Å²) in [7, 11) is -2.27. The zero-order valence-electron chi connectivity index (χ0n) is 10.2. The Bertz CT molecular complexity index is 696. The van der Waals surface area contributed by atoms with E-state index in [9.17, 15) is 12.8 Å². The van der Waals surface area contributed by atoms with Crippen LogP contribution in [0.4, 0.5) is 10.2 Å². The van der Waals surface area contributed by atoms with Crippen LogP contribution in [0.15, 0.2) is 35.4 Å². The molecule has 1 aromatic carbocycles. The average molecular weight is 284 g/mol. The van der Waals surface area contributed by atoms with Crippen LogP contribution in [0.3, 0.4) is 0 Å². The molecule has 2 aromatic rings. The second-order valence-corrected chi connectivity index (χ2v) is 5.67. The van der Waals surface area contributed by atoms with Gasteiger partial charge in [-0.25, -0.2) is 17.5 Å². The lowest BCUT2D eigenvalue weighted by atomic mass is 10.3. The van der Waals surface area contributed by atoms with Gasteiger partial charge < -0.3 is 5.73 Å². The van der Waals surface area contributed by atoms with Crippen molar-refractivity contribution in [2.45, 2.75) is 11.4 Å². The molecule has 0 aliphatic rings. The van der Waals surface area contributed by atoms with Gasteiger partial charge in [0.1, 0.15) is 16.5 Å². The van der Waals surface area contributed by atoms with Crippen LogP contribution in [0.5, 0.6) is 0 Å². The molecule has 1 aromatic heterocycles. The van der Waals surface area contributed by atoms with Gasteiger partial charge in [0.05, 0.1) is 6.20 Å². The van der Waals surface area contributed by atoms with Crippen LogP contribution in [0.25, 0.3) is 0 Å². The molecule has 0 amide bonds. The Morgan fingerprint density at radius 2 is 2.11 bits per heavy atom. The van der Waals surface area contributed by atoms with Crippen LogP contribution in [-0.4, -0.2) is 18.2 Å². The van der Waals surface area contributed by atoms with Gasteiger partial charge in [-0.05, 0) is 12.1 Å². The number of nitrogens with one attached hydrogen (secondary N) is 1. The third kappa shape index (κ3) is 2.74. The van der Waals surface area contributed by atoms with Gasteiger partial charge in [0.25, 0.3) is 0 Å². The van der Waals surface area contributed by atoms with Crippen molar-refractivity contribution in [3.05, 3.63) is 41.8 Å². The van der Waals surface area contributed by atoms with Crippen molar-refractivity contribution < 1.29 is 12.8 Å². The fraction of sp³-hybridized carbons (Fsp3) is 0.182. The molecule has 0 saturated heterocycles. The number of hydrogen-bond donors (Lipinski definition) is 2. The number of nitrogen functional groups attached to an aromatic ring is 1. The summed E-state index contributed by atoms with van der Waals surface area (Å²) in [5.74, 6) is -0.439. The third-order valence-corrected chi connectivity index (χ3v) is 4.08. The zero-order chi connectivity index (χ0) is 14.0. The lowest BCUT2D eigenvalue weighted by Gasteiger charge is -2.07. The predicted octanol–water partition coefficient (Wildman–Crippen LogP) is 0.620. The summed E-state index contributed by atoms with van der Waals surface area (Å²) in [4.78, 5) is -0.391. The molecule has 6 nitrogen and oxygen atoms in total. The molecule has 0 radical (unpaired) electrons. The Morgan fingerprint density at radius 3 is 2.68 bits per heavy atom. The number of nitrogens with two attached hydrogens (primary N) is 1. The smallest absolute Gasteiger partial charge is 0.243 e. The molecule has 2 rings (SSSR count). The lowest BCUT2D eigenvalue weighted by molar-refractivity contribution is 0.557. The van der Waals surface area contributed by atoms with Gasteiger partial charge >= 0.3 is 0 Å². The first-order valence-corrected chi connectivity index (χ1v) is 6.90. The SMILES string of the molecule is Cn1ncc(CNS(=O)(=O)c2ccccc2F)c1N. The van der Waals surface area contributed by atoms with E-state index in [0.29, 0.717) is 11.4 Å². The number of aryl methyl sites for hydroxylation is 1. The lowest BCUT2D eigenvalue weighted by Crippen LogP contribution is -2.24. The van der Waals surface area contributed by atoms with E-state index in [1.54, 1.807) is 7.05 Å². The maximum Gasteiger partial charge on any atom is 0.243 e. The minimum absolute atomic E-state index is 0.0453. The Hall–Kier alpha value is -1.93. The van der Waals surface area contributed by atoms with Crippen LogP contribution < -0.4 is 10.5 Å². The van der Waals surface area contributed by atoms with Gasteiger partial charge in [-0.15, -0.1) is 0 Å². The van der Waals surface area contributed by atoms with Crippen LogP contribution in [0, 0.1) is 5.82 Å². The van der Waals surface area contributed by atoms with E-state index in [-0.39, 0.29) is 6.54 Å². The number of nitrogens with zero attached hydrogens (tertiary/aromatic N) is 2. The Balaban J connectivity index is 2.19. The normalized spacial score (nSPS) is 11.7. The van der Waals surface area contributed by atoms with Gasteiger partial charge in [0.2, 0.25) is 10.0 Å². The minimum atomic E-state index is -3.91. The Kier molecular flexibility index (Phi) is 3.54. The van der Waals surface area contributed by atoms with Crippen LogP contribution in [0.2, 0.25) is 0 Å². The van der Waals surface area contributed by atoms with E-state index in [0.717, 1.165) is 6.07 Å². The first-order chi connectivity index (χ1) is 8.92. The molecule has 0 aliphatic heterocycles. The number of aromatic nitrogens is 2. The number of halogens is 1. The fourth-order valence-electron chi connectivity index (χ4n) is 1.54. The van der Waals surface area contributed by atoms with E-state index in [4.69, 9.17) is 5.73 Å². The van der Waals surface area contributed by atoms with Crippen LogP contribution in [0.1, 0.15) is 5.56 Å². The molecule has 0 bridgehead atoms. The van der Waals surface area contributed by atoms with Crippen molar-refractivity contribution in [3.8, 4) is 0 Å². The summed E-state index contributed by atoms with van der Waals surface area (Å²) < 4.78 is 41.0. The second-order valence-electron chi connectivity index (χ2n) is 3.93. The summed E-state index contributed by atoms with van der Waals surface area (Å²) in [5, 5.41) is 3.89. The van der Waals surface area contributed by atoms with Crippen LogP contribution in [-0.2, 0) is 23.6 Å². The molecule has 0 aliphatic carbocycles. The summed E-state index contributed by atoms with van der Waals surface area (Å²) in [6.45, 7) is -0.0453. The molecule has 19 heavy (non-hydrogen) atoms. The first kappa shape index (κ1) is 13.5. The number of sulfonamides is 1. The monoisotopic (exact) mass is 284 g/mol. The topological polar surface area (TPSA) is 90.0 Å². The number of anilines is 1. The van der Waals surface area contributed by atoms with Crippen molar-refractivity contribution in [2.75, 3.05) is 5.73 Å². The number of rotatable bonds is 4. The van der Waals surface area contributed by atoms with Gasteiger partial charge in [-0.1, -0.05) is 12.1 Å². The predicted molar refractivity (Wildman–Crippen MR) is 68.0 cm³/mol. The standard InChI is InChI=1S/C11H13FN4O2S/c1-16-11(13)8(6-14-16)7-15-19(17,18)10-5-3-2-4-9(10)12/h2-6,15H,7,13H2,1H3. The maximum absolute atomic E-state index is 13.4. The first-order valence-electron chi connectivity index (χ1n) is 5.42. The van der Waals surface area contributed by atoms with E-state index in [2.05, 4.69) is 9.82 Å². The second kappa shape index (κ2) is 4.98. The highest BCUT2D eigenvalue weighted by Gasteiger charge is 2.18. The summed E-state index contributed by atoms with van der Waals surface area (Å²) in [6, 6.07) is 5.17. The summed E-state index contributed by atoms with van der Waals surface area (Å²) in [6.07, 6.45) is 1.46. The van der Waals surface area contributed by atoms with E-state index < -0.39 is 20.7 Å². The molecule has 0 saturated carbocycles. The Morgan fingerprint density at radius 1 is 1.42 bits per heavy atom. The highest BCUT2D eigenvalue weighted by Crippen LogP contribution is 2.15. The molecule has 1 heterocycles. The van der Waals surface area contributed by atoms with Crippen molar-refractivity contribution in [2.24, 2.45) is 7.05 Å². The molecular formula is C11H13FN4O2S. The van der Waals surface area contributed by atoms with E-state index >= 15 is 0 Å². The highest BCUT2D eigenvalue weighted by molar-refractivity contribution is 7.89. The third-order valence-electron chi connectivity index (χ3n) is 2.64. The zero-order valence-corrected chi connectivity index (χ0v) is 11.0. The van der Waals surface area contributed by atoms with Gasteiger partial charge in [0.15, 0.2) is 0 Å². The largest absolute Gasteiger partial charge is 0.384 e. The fourth-order valence-corrected chi connectivity index (χ4v) is 2.63. The summed E-state index contributed by atoms with van der Waals surface area (Å²) >= 11 is 0. The van der Waals surface area contributed by atoms with Crippen molar-refractivity contribution in [1.82, 2.24) is 14.5 Å². The average Bonchev–Trinajstić information content (AvgIpc) is 2.68. The molecule has 0 fully saturated rings. The molecule has 0 spiro atoms. The molecule has 0 atom stereocenters. The van der Waals surface area contributed by atoms with Gasteiger partial charge in [-0.2, -0.15) is 5.10 Å². The molecule has 3 N–H and O–H groups in total. The van der Waals surface area contributed by atoms with Crippen LogP contribution >= 0.6 is 0 Å². The molecule has 102 valence electrons. The molecule has 0 unspecified atom stereocenters. The maximum atomic E-state index is 13.4. The Labute approximate surface area is 110 Å². The summed E-state index contributed by atoms with van der Waals surface area (Å²) in [5.41, 5.74) is 6.22. The van der Waals surface area contributed by atoms with Gasteiger partial charge in [-0.3, -0.25) is 4.68 Å². The molecule has 8 heteroatoms. The van der Waals surface area contributed by atoms with Crippen molar-refractivity contribution in [3.63, 3.8) is 0 Å². The van der Waals surface area contributed by atoms with Gasteiger partial charge in [0, 0.05) is 19.2 Å². The van der Waals surface area contributed by atoms with Crippen molar-refractivity contribution in [1.29, 1.82) is 0 Å². The van der Waals surface area contributed by atoms with E-state index in [1.807, 2.05) is 0 Å². The number of benzene rings is 1. The number of hydrogen-bond acceptors (Lipinski definition) is 4. The molecular weight excluding hydrogens is 271 g/mol. The minimum Gasteiger partial charge on any atom is -0.384 e. The highest BCUT2D eigenvalue weighted by atomic mass is 32.2.